The lowest BCUT2D eigenvalue weighted by Crippen LogP contribution is -2.42. The van der Waals surface area contributed by atoms with Gasteiger partial charge >= 0.3 is 6.18 Å². The van der Waals surface area contributed by atoms with Gasteiger partial charge in [0.05, 0.1) is 11.1 Å². The Labute approximate surface area is 129 Å². The molecule has 2 aromatic rings. The monoisotopic (exact) mass is 327 g/mol. The lowest BCUT2D eigenvalue weighted by atomic mass is 9.68. The summed E-state index contributed by atoms with van der Waals surface area (Å²) in [6.45, 7) is 1.83. The van der Waals surface area contributed by atoms with E-state index in [0.717, 1.165) is 5.69 Å². The van der Waals surface area contributed by atoms with Crippen LogP contribution in [0.2, 0.25) is 5.28 Å². The summed E-state index contributed by atoms with van der Waals surface area (Å²) >= 11 is 5.96. The second kappa shape index (κ2) is 4.31. The summed E-state index contributed by atoms with van der Waals surface area (Å²) in [5.41, 5.74) is 0.344. The third-order valence-electron chi connectivity index (χ3n) is 5.14. The number of hydrogen-bond donors (Lipinski definition) is 0. The van der Waals surface area contributed by atoms with Crippen molar-refractivity contribution in [2.24, 2.45) is 11.3 Å². The third kappa shape index (κ3) is 1.86. The molecule has 3 saturated carbocycles. The minimum atomic E-state index is -4.14. The summed E-state index contributed by atoms with van der Waals surface area (Å²) in [5.74, 6) is -0.189. The first-order chi connectivity index (χ1) is 10.3. The molecule has 0 saturated heterocycles. The van der Waals surface area contributed by atoms with E-state index < -0.39 is 11.6 Å². The molecule has 5 rings (SSSR count). The van der Waals surface area contributed by atoms with Gasteiger partial charge in [-0.15, -0.1) is 0 Å². The van der Waals surface area contributed by atoms with Crippen molar-refractivity contribution >= 4 is 22.6 Å². The number of fused-ring (bicyclic) bond motifs is 2. The fraction of sp³-hybridized carbons (Fsp3) is 0.533. The molecule has 2 bridgehead atoms. The van der Waals surface area contributed by atoms with Gasteiger partial charge < -0.3 is 0 Å². The number of rotatable bonds is 1. The second-order valence-electron chi connectivity index (χ2n) is 6.46. The van der Waals surface area contributed by atoms with Gasteiger partial charge in [0.2, 0.25) is 5.28 Å². The molecule has 0 amide bonds. The van der Waals surface area contributed by atoms with Gasteiger partial charge in [-0.05, 0) is 55.8 Å². The van der Waals surface area contributed by atoms with Crippen molar-refractivity contribution in [3.8, 4) is 0 Å². The van der Waals surface area contributed by atoms with Crippen LogP contribution in [0.25, 0.3) is 11.0 Å². The molecule has 3 aliphatic rings. The van der Waals surface area contributed by atoms with E-state index >= 15 is 0 Å². The average Bonchev–Trinajstić information content (AvgIpc) is 2.92. The molecule has 0 radical (unpaired) electrons. The summed E-state index contributed by atoms with van der Waals surface area (Å²) in [6.07, 6.45) is -3.65. The van der Waals surface area contributed by atoms with E-state index in [2.05, 4.69) is 15.0 Å². The molecule has 2 aromatic heterocycles. The van der Waals surface area contributed by atoms with Gasteiger partial charge in [-0.1, -0.05) is 0 Å². The van der Waals surface area contributed by atoms with Gasteiger partial charge in [-0.25, -0.2) is 9.97 Å². The summed E-state index contributed by atoms with van der Waals surface area (Å²) in [7, 11) is 0. The van der Waals surface area contributed by atoms with Crippen LogP contribution in [0.3, 0.4) is 0 Å². The highest BCUT2D eigenvalue weighted by atomic mass is 35.5. The number of nitrogens with zero attached hydrogens (tertiary/aromatic N) is 3. The Morgan fingerprint density at radius 1 is 1.14 bits per heavy atom. The molecule has 116 valence electrons. The van der Waals surface area contributed by atoms with Crippen LogP contribution < -0.4 is 0 Å². The van der Waals surface area contributed by atoms with E-state index in [0.29, 0.717) is 16.7 Å². The molecule has 3 aliphatic carbocycles. The molecule has 3 nitrogen and oxygen atoms in total. The van der Waals surface area contributed by atoms with Crippen molar-refractivity contribution in [2.45, 2.75) is 38.3 Å². The first-order valence-corrected chi connectivity index (χ1v) is 7.54. The van der Waals surface area contributed by atoms with Crippen molar-refractivity contribution < 1.29 is 13.2 Å². The van der Waals surface area contributed by atoms with E-state index in [1.54, 1.807) is 0 Å². The number of aromatic nitrogens is 3. The highest BCUT2D eigenvalue weighted by molar-refractivity contribution is 6.28. The summed E-state index contributed by atoms with van der Waals surface area (Å²) in [4.78, 5) is 12.7. The van der Waals surface area contributed by atoms with Gasteiger partial charge in [0, 0.05) is 17.0 Å². The first-order valence-electron chi connectivity index (χ1n) is 7.17. The van der Waals surface area contributed by atoms with Crippen molar-refractivity contribution in [1.82, 2.24) is 15.0 Å². The van der Waals surface area contributed by atoms with Crippen LogP contribution in [0.15, 0.2) is 12.1 Å². The zero-order valence-corrected chi connectivity index (χ0v) is 12.5. The van der Waals surface area contributed by atoms with Gasteiger partial charge in [0.15, 0.2) is 5.65 Å². The van der Waals surface area contributed by atoms with E-state index in [1.807, 2.05) is 19.1 Å². The Bertz CT molecular complexity index is 763. The maximum absolute atomic E-state index is 13.2. The van der Waals surface area contributed by atoms with Crippen molar-refractivity contribution in [2.75, 3.05) is 0 Å². The van der Waals surface area contributed by atoms with Crippen molar-refractivity contribution in [3.63, 3.8) is 0 Å². The van der Waals surface area contributed by atoms with Gasteiger partial charge in [0.1, 0.15) is 0 Å². The van der Waals surface area contributed by atoms with Crippen LogP contribution in [0.1, 0.15) is 36.6 Å². The zero-order chi connectivity index (χ0) is 15.7. The minimum absolute atomic E-state index is 0.0251. The molecule has 0 N–H and O–H groups in total. The maximum Gasteiger partial charge on any atom is 0.394 e. The Kier molecular flexibility index (Phi) is 2.78. The topological polar surface area (TPSA) is 38.7 Å². The SMILES string of the molecule is Cc1ccc2c([C@@H]3CC4(C(F)(F)F)CC3C4)nc(Cl)nc2n1. The maximum atomic E-state index is 13.2. The Morgan fingerprint density at radius 3 is 2.50 bits per heavy atom. The predicted molar refractivity (Wildman–Crippen MR) is 75.7 cm³/mol. The fourth-order valence-electron chi connectivity index (χ4n) is 4.03. The van der Waals surface area contributed by atoms with Gasteiger partial charge in [0.25, 0.3) is 0 Å². The van der Waals surface area contributed by atoms with Gasteiger partial charge in [-0.3, -0.25) is 0 Å². The molecule has 0 aliphatic heterocycles. The molecule has 7 heteroatoms. The number of alkyl halides is 3. The van der Waals surface area contributed by atoms with Crippen LogP contribution in [-0.4, -0.2) is 21.1 Å². The van der Waals surface area contributed by atoms with Crippen LogP contribution in [-0.2, 0) is 0 Å². The second-order valence-corrected chi connectivity index (χ2v) is 6.80. The molecule has 22 heavy (non-hydrogen) atoms. The number of pyridine rings is 1. The molecule has 1 atom stereocenters. The Balaban J connectivity index is 1.80. The van der Waals surface area contributed by atoms with E-state index in [-0.39, 0.29) is 36.4 Å². The summed E-state index contributed by atoms with van der Waals surface area (Å²) in [6, 6.07) is 3.65. The Hall–Kier alpha value is -1.43. The smallest absolute Gasteiger partial charge is 0.233 e. The van der Waals surface area contributed by atoms with Crippen LogP contribution >= 0.6 is 11.6 Å². The van der Waals surface area contributed by atoms with Crippen LogP contribution in [0, 0.1) is 18.3 Å². The molecule has 0 aromatic carbocycles. The minimum Gasteiger partial charge on any atom is -0.233 e. The highest BCUT2D eigenvalue weighted by Gasteiger charge is 2.69. The normalized spacial score (nSPS) is 30.6. The van der Waals surface area contributed by atoms with E-state index in [1.165, 1.54) is 0 Å². The number of aryl methyl sites for hydroxylation is 1. The summed E-state index contributed by atoms with van der Waals surface area (Å²) < 4.78 is 39.7. The largest absolute Gasteiger partial charge is 0.394 e. The van der Waals surface area contributed by atoms with E-state index in [9.17, 15) is 13.2 Å². The number of halogens is 4. The summed E-state index contributed by atoms with van der Waals surface area (Å²) in [5, 5.41) is 0.760. The van der Waals surface area contributed by atoms with Crippen molar-refractivity contribution in [3.05, 3.63) is 28.8 Å². The molecule has 0 unspecified atom stereocenters. The molecular formula is C15H13ClF3N3. The first kappa shape index (κ1) is 14.2. The van der Waals surface area contributed by atoms with Crippen LogP contribution in [0.5, 0.6) is 0 Å². The zero-order valence-electron chi connectivity index (χ0n) is 11.8. The van der Waals surface area contributed by atoms with E-state index in [4.69, 9.17) is 11.6 Å². The molecular weight excluding hydrogens is 315 g/mol. The van der Waals surface area contributed by atoms with Gasteiger partial charge in [-0.2, -0.15) is 18.2 Å². The molecule has 3 fully saturated rings. The molecule has 0 spiro atoms. The predicted octanol–water partition coefficient (Wildman–Crippen LogP) is 4.43. The fourth-order valence-corrected chi connectivity index (χ4v) is 4.20. The third-order valence-corrected chi connectivity index (χ3v) is 5.31. The molecule has 2 heterocycles. The lowest BCUT2D eigenvalue weighted by molar-refractivity contribution is -0.244. The average molecular weight is 328 g/mol. The Morgan fingerprint density at radius 2 is 1.86 bits per heavy atom. The van der Waals surface area contributed by atoms with Crippen LogP contribution in [0.4, 0.5) is 13.2 Å². The standard InChI is InChI=1S/C15H13ClF3N3/c1-7-2-3-9-11(21-13(16)22-12(9)20-7)10-6-14(15(17,18)19)4-8(10)5-14/h2-3,8,10H,4-6H2,1H3/t8?,10-,14?/m1/s1. The highest BCUT2D eigenvalue weighted by Crippen LogP contribution is 2.70. The number of hydrogen-bond acceptors (Lipinski definition) is 3. The van der Waals surface area contributed by atoms with Crippen molar-refractivity contribution in [1.29, 1.82) is 0 Å². The quantitative estimate of drug-likeness (QED) is 0.727. The lowest BCUT2D eigenvalue weighted by Gasteiger charge is -2.39.